The Kier molecular flexibility index (Phi) is 3.80. The Balaban J connectivity index is 3.49. The first-order valence-electron chi connectivity index (χ1n) is 4.89. The van der Waals surface area contributed by atoms with E-state index in [0.29, 0.717) is 0 Å². The lowest BCUT2D eigenvalue weighted by Gasteiger charge is -2.38. The standard InChI is InChI=1S/C9H6F8O4/c1-2-4(18)21-5(8(12,13)14)3-20-7(19,6(5,10)11)9(15,16)17/h2,19H,1,3H2. The number of hydrogen-bond acceptors (Lipinski definition) is 4. The Hall–Kier alpha value is -1.43. The molecule has 1 rings (SSSR count). The van der Waals surface area contributed by atoms with E-state index >= 15 is 0 Å². The monoisotopic (exact) mass is 330 g/mol. The molecule has 0 aromatic carbocycles. The molecule has 2 unspecified atom stereocenters. The molecule has 0 aromatic heterocycles. The molecule has 0 aliphatic carbocycles. The van der Waals surface area contributed by atoms with E-state index in [1.807, 2.05) is 0 Å². The predicted octanol–water partition coefficient (Wildman–Crippen LogP) is 1.93. The van der Waals surface area contributed by atoms with Gasteiger partial charge in [0.25, 0.3) is 5.60 Å². The van der Waals surface area contributed by atoms with Crippen LogP contribution in [0.4, 0.5) is 35.1 Å². The van der Waals surface area contributed by atoms with Gasteiger partial charge in [0.15, 0.2) is 0 Å². The summed E-state index contributed by atoms with van der Waals surface area (Å²) in [7, 11) is 0. The Morgan fingerprint density at radius 3 is 1.95 bits per heavy atom. The molecule has 0 saturated carbocycles. The highest BCUT2D eigenvalue weighted by molar-refractivity contribution is 5.81. The second-order valence-electron chi connectivity index (χ2n) is 3.95. The van der Waals surface area contributed by atoms with E-state index in [1.165, 1.54) is 0 Å². The second kappa shape index (κ2) is 4.53. The van der Waals surface area contributed by atoms with Gasteiger partial charge < -0.3 is 14.6 Å². The van der Waals surface area contributed by atoms with Crippen molar-refractivity contribution in [3.05, 3.63) is 12.7 Å². The third-order valence-electron chi connectivity index (χ3n) is 2.70. The minimum Gasteiger partial charge on any atom is -0.437 e. The Morgan fingerprint density at radius 1 is 1.19 bits per heavy atom. The molecule has 0 bridgehead atoms. The summed E-state index contributed by atoms with van der Waals surface area (Å²) in [6, 6.07) is 0. The maximum atomic E-state index is 13.7. The van der Waals surface area contributed by atoms with Gasteiger partial charge in [0.2, 0.25) is 0 Å². The predicted molar refractivity (Wildman–Crippen MR) is 47.0 cm³/mol. The second-order valence-corrected chi connectivity index (χ2v) is 3.95. The highest BCUT2D eigenvalue weighted by atomic mass is 19.4. The molecule has 0 spiro atoms. The molecule has 0 aromatic rings. The van der Waals surface area contributed by atoms with Crippen LogP contribution in [0.25, 0.3) is 0 Å². The fraction of sp³-hybridized carbons (Fsp3) is 0.667. The van der Waals surface area contributed by atoms with Gasteiger partial charge in [-0.3, -0.25) is 0 Å². The fourth-order valence-electron chi connectivity index (χ4n) is 1.55. The summed E-state index contributed by atoms with van der Waals surface area (Å²) in [5, 5.41) is 8.83. The molecule has 1 heterocycles. The van der Waals surface area contributed by atoms with E-state index in [0.717, 1.165) is 0 Å². The molecule has 122 valence electrons. The minimum atomic E-state index is -6.27. The van der Waals surface area contributed by atoms with E-state index in [-0.39, 0.29) is 6.08 Å². The van der Waals surface area contributed by atoms with E-state index in [2.05, 4.69) is 16.1 Å². The number of esters is 1. The smallest absolute Gasteiger partial charge is 0.437 e. The molecular weight excluding hydrogens is 324 g/mol. The van der Waals surface area contributed by atoms with Crippen molar-refractivity contribution in [3.8, 4) is 0 Å². The summed E-state index contributed by atoms with van der Waals surface area (Å²) in [6.45, 7) is 0.191. The summed E-state index contributed by atoms with van der Waals surface area (Å²) < 4.78 is 110. The SMILES string of the molecule is C=CC(=O)OC1(C(F)(F)F)COC(O)(C(F)(F)F)C1(F)F. The van der Waals surface area contributed by atoms with Crippen molar-refractivity contribution >= 4 is 5.97 Å². The number of ether oxygens (including phenoxy) is 2. The molecule has 1 saturated heterocycles. The molecule has 12 heteroatoms. The molecule has 1 fully saturated rings. The van der Waals surface area contributed by atoms with Gasteiger partial charge in [-0.1, -0.05) is 6.58 Å². The van der Waals surface area contributed by atoms with Crippen molar-refractivity contribution in [2.24, 2.45) is 0 Å². The largest absolute Gasteiger partial charge is 0.449 e. The van der Waals surface area contributed by atoms with E-state index in [4.69, 9.17) is 5.11 Å². The van der Waals surface area contributed by atoms with Crippen molar-refractivity contribution in [1.29, 1.82) is 0 Å². The van der Waals surface area contributed by atoms with Crippen LogP contribution in [0.5, 0.6) is 0 Å². The normalized spacial score (nSPS) is 32.8. The van der Waals surface area contributed by atoms with E-state index in [1.54, 1.807) is 0 Å². The summed E-state index contributed by atoms with van der Waals surface area (Å²) in [4.78, 5) is 10.8. The van der Waals surface area contributed by atoms with Crippen LogP contribution >= 0.6 is 0 Å². The molecule has 1 aliphatic rings. The molecule has 0 radical (unpaired) electrons. The number of carbonyl (C=O) groups is 1. The number of carbonyl (C=O) groups excluding carboxylic acids is 1. The first-order chi connectivity index (χ1) is 9.16. The quantitative estimate of drug-likeness (QED) is 0.478. The Labute approximate surface area is 110 Å². The average Bonchev–Trinajstić information content (AvgIpc) is 2.49. The Bertz CT molecular complexity index is 456. The van der Waals surface area contributed by atoms with Gasteiger partial charge in [-0.2, -0.15) is 35.1 Å². The van der Waals surface area contributed by atoms with Gasteiger partial charge in [-0.25, -0.2) is 4.79 Å². The van der Waals surface area contributed by atoms with Crippen LogP contribution in [-0.4, -0.2) is 47.3 Å². The van der Waals surface area contributed by atoms with Crippen molar-refractivity contribution in [1.82, 2.24) is 0 Å². The van der Waals surface area contributed by atoms with Gasteiger partial charge in [-0.15, -0.1) is 0 Å². The zero-order valence-corrected chi connectivity index (χ0v) is 9.69. The third kappa shape index (κ3) is 2.16. The van der Waals surface area contributed by atoms with E-state index < -0.39 is 42.2 Å². The zero-order valence-electron chi connectivity index (χ0n) is 9.69. The highest BCUT2D eigenvalue weighted by Gasteiger charge is 2.90. The maximum absolute atomic E-state index is 13.7. The van der Waals surface area contributed by atoms with Gasteiger partial charge in [-0.05, 0) is 0 Å². The van der Waals surface area contributed by atoms with Crippen LogP contribution in [0.1, 0.15) is 0 Å². The van der Waals surface area contributed by atoms with Crippen molar-refractivity contribution in [2.75, 3.05) is 6.61 Å². The average molecular weight is 330 g/mol. The molecule has 1 N–H and O–H groups in total. The lowest BCUT2D eigenvalue weighted by Crippen LogP contribution is -2.69. The van der Waals surface area contributed by atoms with Gasteiger partial charge >= 0.3 is 30.0 Å². The van der Waals surface area contributed by atoms with Crippen LogP contribution in [-0.2, 0) is 14.3 Å². The number of hydrogen-bond donors (Lipinski definition) is 1. The third-order valence-corrected chi connectivity index (χ3v) is 2.70. The van der Waals surface area contributed by atoms with Crippen LogP contribution in [0.15, 0.2) is 12.7 Å². The van der Waals surface area contributed by atoms with Crippen molar-refractivity contribution < 1.29 is 54.5 Å². The topological polar surface area (TPSA) is 55.8 Å². The van der Waals surface area contributed by atoms with Gasteiger partial charge in [0, 0.05) is 6.08 Å². The number of aliphatic hydroxyl groups is 1. The Morgan fingerprint density at radius 2 is 1.67 bits per heavy atom. The molecular formula is C9H6F8O4. The lowest BCUT2D eigenvalue weighted by atomic mass is 9.91. The van der Waals surface area contributed by atoms with Crippen LogP contribution in [0.2, 0.25) is 0 Å². The molecule has 0 amide bonds. The summed E-state index contributed by atoms with van der Waals surface area (Å²) in [6.07, 6.45) is -12.4. The zero-order chi connectivity index (χ0) is 16.9. The van der Waals surface area contributed by atoms with Crippen LogP contribution < -0.4 is 0 Å². The van der Waals surface area contributed by atoms with Gasteiger partial charge in [0.05, 0.1) is 0 Å². The molecule has 1 aliphatic heterocycles. The minimum absolute atomic E-state index is 0.0362. The first kappa shape index (κ1) is 17.6. The maximum Gasteiger partial charge on any atom is 0.449 e. The van der Waals surface area contributed by atoms with Crippen molar-refractivity contribution in [3.63, 3.8) is 0 Å². The molecule has 4 nitrogen and oxygen atoms in total. The van der Waals surface area contributed by atoms with Crippen LogP contribution in [0, 0.1) is 0 Å². The first-order valence-corrected chi connectivity index (χ1v) is 4.89. The number of alkyl halides is 8. The summed E-state index contributed by atoms with van der Waals surface area (Å²) >= 11 is 0. The molecule has 2 atom stereocenters. The highest BCUT2D eigenvalue weighted by Crippen LogP contribution is 2.59. The number of halogens is 8. The lowest BCUT2D eigenvalue weighted by molar-refractivity contribution is -0.421. The summed E-state index contributed by atoms with van der Waals surface area (Å²) in [5.41, 5.74) is -5.00. The van der Waals surface area contributed by atoms with Gasteiger partial charge in [0.1, 0.15) is 6.61 Å². The summed E-state index contributed by atoms with van der Waals surface area (Å²) in [5.74, 6) is -13.6. The van der Waals surface area contributed by atoms with E-state index in [9.17, 15) is 39.9 Å². The van der Waals surface area contributed by atoms with Crippen molar-refractivity contribution in [2.45, 2.75) is 29.7 Å². The fourth-order valence-corrected chi connectivity index (χ4v) is 1.55. The number of rotatable bonds is 2. The van der Waals surface area contributed by atoms with Crippen LogP contribution in [0.3, 0.4) is 0 Å². The molecule has 21 heavy (non-hydrogen) atoms.